The molecule has 1 aliphatic heterocycles. The maximum absolute atomic E-state index is 12.4. The van der Waals surface area contributed by atoms with Crippen LogP contribution in [-0.4, -0.2) is 44.5 Å². The Balaban J connectivity index is 1.78. The van der Waals surface area contributed by atoms with Crippen molar-refractivity contribution in [1.29, 1.82) is 0 Å². The third-order valence-corrected chi connectivity index (χ3v) is 4.78. The van der Waals surface area contributed by atoms with Crippen molar-refractivity contribution >= 4 is 28.7 Å². The number of aromatic nitrogens is 1. The highest BCUT2D eigenvalue weighted by Crippen LogP contribution is 2.31. The van der Waals surface area contributed by atoms with Crippen molar-refractivity contribution < 1.29 is 28.2 Å². The van der Waals surface area contributed by atoms with Gasteiger partial charge >= 0.3 is 11.9 Å². The lowest BCUT2D eigenvalue weighted by Crippen LogP contribution is -2.38. The number of benzene rings is 2. The molecule has 8 nitrogen and oxygen atoms in total. The van der Waals surface area contributed by atoms with E-state index in [9.17, 15) is 9.59 Å². The molecule has 0 N–H and O–H groups in total. The van der Waals surface area contributed by atoms with Crippen LogP contribution in [0.15, 0.2) is 58.2 Å². The summed E-state index contributed by atoms with van der Waals surface area (Å²) in [6.07, 6.45) is 0. The SMILES string of the molecule is COC(=O)C1=C(C(=O)OC)N(c2ccc3nc(-c4cccc(C)c4)oc3c2)COC1. The summed E-state index contributed by atoms with van der Waals surface area (Å²) in [5.74, 6) is -0.806. The van der Waals surface area contributed by atoms with Crippen LogP contribution in [0.4, 0.5) is 5.69 Å². The molecule has 0 atom stereocenters. The first kappa shape index (κ1) is 19.7. The minimum absolute atomic E-state index is 0.0460. The highest BCUT2D eigenvalue weighted by molar-refractivity contribution is 6.03. The normalized spacial score (nSPS) is 14.2. The first-order valence-corrected chi connectivity index (χ1v) is 9.24. The Morgan fingerprint density at radius 3 is 2.60 bits per heavy atom. The molecule has 3 aromatic rings. The minimum atomic E-state index is -0.656. The molecule has 0 spiro atoms. The van der Waals surface area contributed by atoms with E-state index in [2.05, 4.69) is 4.98 Å². The maximum atomic E-state index is 12.4. The lowest BCUT2D eigenvalue weighted by atomic mass is 10.1. The fourth-order valence-electron chi connectivity index (χ4n) is 3.33. The number of esters is 2. The first-order valence-electron chi connectivity index (χ1n) is 9.24. The van der Waals surface area contributed by atoms with Gasteiger partial charge in [0, 0.05) is 17.3 Å². The number of fused-ring (bicyclic) bond motifs is 1. The molecule has 0 aliphatic carbocycles. The van der Waals surface area contributed by atoms with E-state index in [1.807, 2.05) is 31.2 Å². The number of rotatable bonds is 4. The van der Waals surface area contributed by atoms with Crippen LogP contribution in [-0.2, 0) is 23.8 Å². The average Bonchev–Trinajstić information content (AvgIpc) is 3.21. The third kappa shape index (κ3) is 3.53. The zero-order chi connectivity index (χ0) is 21.3. The van der Waals surface area contributed by atoms with Gasteiger partial charge in [-0.1, -0.05) is 17.7 Å². The molecule has 0 saturated carbocycles. The number of oxazole rings is 1. The van der Waals surface area contributed by atoms with Crippen molar-refractivity contribution in [3.05, 3.63) is 59.3 Å². The smallest absolute Gasteiger partial charge is 0.355 e. The second-order valence-electron chi connectivity index (χ2n) is 6.76. The van der Waals surface area contributed by atoms with Crippen LogP contribution in [0, 0.1) is 6.92 Å². The molecule has 0 unspecified atom stereocenters. The number of hydrogen-bond donors (Lipinski definition) is 0. The van der Waals surface area contributed by atoms with Crippen molar-refractivity contribution in [2.45, 2.75) is 6.92 Å². The largest absolute Gasteiger partial charge is 0.466 e. The van der Waals surface area contributed by atoms with Gasteiger partial charge in [-0.25, -0.2) is 14.6 Å². The summed E-state index contributed by atoms with van der Waals surface area (Å²) < 4.78 is 21.1. The molecular formula is C22H20N2O6. The van der Waals surface area contributed by atoms with Crippen LogP contribution in [0.2, 0.25) is 0 Å². The molecule has 1 aliphatic rings. The molecule has 0 bridgehead atoms. The van der Waals surface area contributed by atoms with E-state index in [1.165, 1.54) is 14.2 Å². The number of aryl methyl sites for hydroxylation is 1. The van der Waals surface area contributed by atoms with E-state index in [4.69, 9.17) is 18.6 Å². The van der Waals surface area contributed by atoms with E-state index in [-0.39, 0.29) is 24.6 Å². The summed E-state index contributed by atoms with van der Waals surface area (Å²) >= 11 is 0. The second-order valence-corrected chi connectivity index (χ2v) is 6.76. The predicted octanol–water partition coefficient (Wildman–Crippen LogP) is 3.20. The molecule has 0 radical (unpaired) electrons. The van der Waals surface area contributed by atoms with Crippen LogP contribution in [0.5, 0.6) is 0 Å². The number of methoxy groups -OCH3 is 2. The molecule has 0 amide bonds. The molecule has 1 aromatic heterocycles. The first-order chi connectivity index (χ1) is 14.5. The Labute approximate surface area is 172 Å². The molecule has 0 saturated heterocycles. The molecule has 2 heterocycles. The van der Waals surface area contributed by atoms with Gasteiger partial charge in [-0.3, -0.25) is 0 Å². The summed E-state index contributed by atoms with van der Waals surface area (Å²) in [5, 5.41) is 0. The molecule has 4 rings (SSSR count). The molecule has 30 heavy (non-hydrogen) atoms. The van der Waals surface area contributed by atoms with Crippen molar-refractivity contribution in [1.82, 2.24) is 4.98 Å². The van der Waals surface area contributed by atoms with Crippen LogP contribution < -0.4 is 4.90 Å². The van der Waals surface area contributed by atoms with Gasteiger partial charge in [-0.2, -0.15) is 0 Å². The quantitative estimate of drug-likeness (QED) is 0.608. The van der Waals surface area contributed by atoms with Gasteiger partial charge < -0.3 is 23.5 Å². The van der Waals surface area contributed by atoms with Crippen molar-refractivity contribution in [3.63, 3.8) is 0 Å². The lowest BCUT2D eigenvalue weighted by Gasteiger charge is -2.31. The highest BCUT2D eigenvalue weighted by Gasteiger charge is 2.32. The Kier molecular flexibility index (Phi) is 5.24. The average molecular weight is 408 g/mol. The van der Waals surface area contributed by atoms with Crippen LogP contribution >= 0.6 is 0 Å². The van der Waals surface area contributed by atoms with E-state index >= 15 is 0 Å². The van der Waals surface area contributed by atoms with Crippen LogP contribution in [0.25, 0.3) is 22.6 Å². The number of ether oxygens (including phenoxy) is 3. The number of carbonyl (C=O) groups is 2. The zero-order valence-corrected chi connectivity index (χ0v) is 16.8. The zero-order valence-electron chi connectivity index (χ0n) is 16.8. The number of hydrogen-bond acceptors (Lipinski definition) is 8. The summed E-state index contributed by atoms with van der Waals surface area (Å²) in [7, 11) is 2.50. The monoisotopic (exact) mass is 408 g/mol. The third-order valence-electron chi connectivity index (χ3n) is 4.78. The van der Waals surface area contributed by atoms with Gasteiger partial charge in [-0.15, -0.1) is 0 Å². The Hall–Kier alpha value is -3.65. The van der Waals surface area contributed by atoms with Crippen LogP contribution in [0.1, 0.15) is 5.56 Å². The van der Waals surface area contributed by atoms with Gasteiger partial charge in [0.2, 0.25) is 5.89 Å². The number of nitrogens with zero attached hydrogens (tertiary/aromatic N) is 2. The van der Waals surface area contributed by atoms with Gasteiger partial charge in [0.15, 0.2) is 5.58 Å². The van der Waals surface area contributed by atoms with Gasteiger partial charge in [0.05, 0.1) is 26.4 Å². The van der Waals surface area contributed by atoms with Gasteiger partial charge in [0.25, 0.3) is 0 Å². The van der Waals surface area contributed by atoms with Gasteiger partial charge in [-0.05, 0) is 31.2 Å². The van der Waals surface area contributed by atoms with Gasteiger partial charge in [0.1, 0.15) is 17.9 Å². The number of anilines is 1. The fourth-order valence-corrected chi connectivity index (χ4v) is 3.33. The van der Waals surface area contributed by atoms with Crippen LogP contribution in [0.3, 0.4) is 0 Å². The minimum Gasteiger partial charge on any atom is -0.466 e. The Bertz CT molecular complexity index is 1160. The van der Waals surface area contributed by atoms with E-state index in [0.29, 0.717) is 22.7 Å². The molecule has 2 aromatic carbocycles. The molecule has 0 fully saturated rings. The lowest BCUT2D eigenvalue weighted by molar-refractivity contribution is -0.140. The maximum Gasteiger partial charge on any atom is 0.355 e. The predicted molar refractivity (Wildman–Crippen MR) is 109 cm³/mol. The Morgan fingerprint density at radius 1 is 1.07 bits per heavy atom. The van der Waals surface area contributed by atoms with E-state index in [1.54, 1.807) is 23.1 Å². The summed E-state index contributed by atoms with van der Waals surface area (Å²) in [6, 6.07) is 13.2. The van der Waals surface area contributed by atoms with E-state index < -0.39 is 11.9 Å². The molecule has 154 valence electrons. The second kappa shape index (κ2) is 8.00. The topological polar surface area (TPSA) is 91.1 Å². The fraction of sp³-hybridized carbons (Fsp3) is 0.227. The number of carbonyl (C=O) groups excluding carboxylic acids is 2. The summed E-state index contributed by atoms with van der Waals surface area (Å²) in [6.45, 7) is 2.02. The van der Waals surface area contributed by atoms with Crippen molar-refractivity contribution in [3.8, 4) is 11.5 Å². The molecular weight excluding hydrogens is 388 g/mol. The van der Waals surface area contributed by atoms with Crippen molar-refractivity contribution in [2.24, 2.45) is 0 Å². The van der Waals surface area contributed by atoms with E-state index in [0.717, 1.165) is 11.1 Å². The highest BCUT2D eigenvalue weighted by atomic mass is 16.5. The van der Waals surface area contributed by atoms with Crippen molar-refractivity contribution in [2.75, 3.05) is 32.5 Å². The summed E-state index contributed by atoms with van der Waals surface area (Å²) in [5.41, 5.74) is 3.95. The molecule has 8 heteroatoms. The Morgan fingerprint density at radius 2 is 1.87 bits per heavy atom. The summed E-state index contributed by atoms with van der Waals surface area (Å²) in [4.78, 5) is 30.7. The standard InChI is InChI=1S/C22H20N2O6/c1-13-5-4-6-14(9-13)20-23-17-8-7-15(10-18(17)30-20)24-12-29-11-16(21(25)27-2)19(24)22(26)28-3/h4-10H,11-12H2,1-3H3.